The molecule has 3 aromatic carbocycles. The van der Waals surface area contributed by atoms with Gasteiger partial charge in [-0.3, -0.25) is 20.1 Å². The molecule has 0 aliphatic carbocycles. The third kappa shape index (κ3) is 3.45. The van der Waals surface area contributed by atoms with Crippen LogP contribution in [0, 0.1) is 10.1 Å². The average molecular weight is 428 g/mol. The number of halogens is 1. The summed E-state index contributed by atoms with van der Waals surface area (Å²) in [5.41, 5.74) is 3.56. The zero-order chi connectivity index (χ0) is 21.4. The first-order chi connectivity index (χ1) is 15.1. The number of non-ortho nitro benzene ring substituents is 1. The fourth-order valence-corrected chi connectivity index (χ4v) is 3.84. The molecule has 0 amide bonds. The fraction of sp³-hybridized carbons (Fsp3) is 0.0435. The summed E-state index contributed by atoms with van der Waals surface area (Å²) in [5.74, 6) is 0. The van der Waals surface area contributed by atoms with Crippen molar-refractivity contribution in [3.63, 3.8) is 0 Å². The van der Waals surface area contributed by atoms with Crippen molar-refractivity contribution in [1.29, 1.82) is 0 Å². The van der Waals surface area contributed by atoms with Gasteiger partial charge in [0.1, 0.15) is 0 Å². The van der Waals surface area contributed by atoms with Crippen LogP contribution in [-0.2, 0) is 6.42 Å². The molecule has 0 saturated carbocycles. The summed E-state index contributed by atoms with van der Waals surface area (Å²) < 4.78 is 0. The Hall–Kier alpha value is -3.97. The second-order valence-electron chi connectivity index (χ2n) is 7.01. The van der Waals surface area contributed by atoms with E-state index in [9.17, 15) is 10.1 Å². The minimum atomic E-state index is -0.468. The van der Waals surface area contributed by atoms with Crippen molar-refractivity contribution in [2.75, 3.05) is 0 Å². The highest BCUT2D eigenvalue weighted by Crippen LogP contribution is 2.37. The number of nitrogens with zero attached hydrogens (tertiary/aromatic N) is 5. The van der Waals surface area contributed by atoms with Crippen LogP contribution >= 0.6 is 11.6 Å². The second kappa shape index (κ2) is 7.70. The van der Waals surface area contributed by atoms with E-state index in [2.05, 4.69) is 15.2 Å². The fourth-order valence-electron chi connectivity index (χ4n) is 3.62. The first-order valence-corrected chi connectivity index (χ1v) is 9.87. The normalized spacial score (nSPS) is 11.1. The summed E-state index contributed by atoms with van der Waals surface area (Å²) >= 11 is 6.50. The summed E-state index contributed by atoms with van der Waals surface area (Å²) in [6.45, 7) is 0. The summed E-state index contributed by atoms with van der Waals surface area (Å²) in [6, 6.07) is 18.6. The van der Waals surface area contributed by atoms with Gasteiger partial charge < -0.3 is 0 Å². The minimum Gasteiger partial charge on any atom is -0.258 e. The lowest BCUT2D eigenvalue weighted by atomic mass is 10.0. The molecule has 0 atom stereocenters. The number of hydrogen-bond donors (Lipinski definition) is 0. The quantitative estimate of drug-likeness (QED) is 0.282. The molecule has 0 radical (unpaired) electrons. The maximum Gasteiger partial charge on any atom is 0.298 e. The van der Waals surface area contributed by atoms with Gasteiger partial charge in [0.15, 0.2) is 5.52 Å². The molecule has 7 nitrogen and oxygen atoms in total. The highest BCUT2D eigenvalue weighted by Gasteiger charge is 2.21. The van der Waals surface area contributed by atoms with Crippen molar-refractivity contribution in [2.24, 2.45) is 0 Å². The Labute approximate surface area is 181 Å². The third-order valence-corrected chi connectivity index (χ3v) is 5.37. The van der Waals surface area contributed by atoms with Gasteiger partial charge in [0.25, 0.3) is 5.69 Å². The van der Waals surface area contributed by atoms with Crippen LogP contribution in [0.4, 0.5) is 5.69 Å². The smallest absolute Gasteiger partial charge is 0.258 e. The predicted octanol–water partition coefficient (Wildman–Crippen LogP) is 5.39. The van der Waals surface area contributed by atoms with Gasteiger partial charge in [0.2, 0.25) is 0 Å². The maximum atomic E-state index is 11.7. The average Bonchev–Trinajstić information content (AvgIpc) is 3.19. The Balaban J connectivity index is 1.88. The molecule has 0 bridgehead atoms. The topological polar surface area (TPSA) is 94.7 Å². The monoisotopic (exact) mass is 427 g/mol. The van der Waals surface area contributed by atoms with E-state index in [0.29, 0.717) is 44.7 Å². The van der Waals surface area contributed by atoms with Crippen molar-refractivity contribution in [3.05, 3.63) is 99.5 Å². The van der Waals surface area contributed by atoms with E-state index >= 15 is 0 Å². The van der Waals surface area contributed by atoms with Crippen LogP contribution in [0.25, 0.3) is 33.1 Å². The Kier molecular flexibility index (Phi) is 4.72. The van der Waals surface area contributed by atoms with Crippen molar-refractivity contribution in [3.8, 4) is 11.3 Å². The molecule has 8 heteroatoms. The SMILES string of the molecule is O=[N+]([O-])c1cc2c(-c3ccccc3Cl)nc(Cc3ccccc3)cnc2c2cnnc12. The molecule has 2 heterocycles. The number of fused-ring (bicyclic) bond motifs is 3. The molecule has 5 aromatic rings. The standard InChI is InChI=1S/C23H14ClN5O2/c24-19-9-5-4-8-16(19)22-17-11-20(29(30)31)23-18(13-26-28-23)21(17)25-12-15(27-22)10-14-6-2-1-3-7-14/h1-9,11-13H,10H2. The molecule has 0 saturated heterocycles. The molecule has 150 valence electrons. The lowest BCUT2D eigenvalue weighted by Crippen LogP contribution is -1.93. The molecule has 0 fully saturated rings. The van der Waals surface area contributed by atoms with Crippen LogP contribution in [0.3, 0.4) is 0 Å². The summed E-state index contributed by atoms with van der Waals surface area (Å²) in [6.07, 6.45) is 3.73. The van der Waals surface area contributed by atoms with E-state index < -0.39 is 4.92 Å². The van der Waals surface area contributed by atoms with Crippen molar-refractivity contribution < 1.29 is 4.92 Å². The van der Waals surface area contributed by atoms with Crippen LogP contribution in [0.5, 0.6) is 0 Å². The van der Waals surface area contributed by atoms with Gasteiger partial charge in [-0.05, 0) is 11.6 Å². The van der Waals surface area contributed by atoms with Gasteiger partial charge in [-0.25, -0.2) is 0 Å². The molecule has 2 aromatic heterocycles. The Bertz CT molecular complexity index is 1460. The zero-order valence-corrected chi connectivity index (χ0v) is 16.8. The van der Waals surface area contributed by atoms with Gasteiger partial charge in [-0.15, -0.1) is 5.10 Å². The highest BCUT2D eigenvalue weighted by atomic mass is 35.5. The summed E-state index contributed by atoms with van der Waals surface area (Å²) in [5, 5.41) is 21.1. The van der Waals surface area contributed by atoms with E-state index in [4.69, 9.17) is 16.6 Å². The number of hydrogen-bond acceptors (Lipinski definition) is 6. The number of aromatic nitrogens is 4. The molecule has 31 heavy (non-hydrogen) atoms. The highest BCUT2D eigenvalue weighted by molar-refractivity contribution is 6.33. The molecule has 0 aliphatic rings. The van der Waals surface area contributed by atoms with Crippen LogP contribution in [-0.4, -0.2) is 25.1 Å². The molecule has 0 spiro atoms. The number of nitro benzene ring substituents is 1. The first-order valence-electron chi connectivity index (χ1n) is 9.49. The van der Waals surface area contributed by atoms with Crippen LogP contribution in [0.1, 0.15) is 11.3 Å². The van der Waals surface area contributed by atoms with Crippen molar-refractivity contribution in [2.45, 2.75) is 6.42 Å². The summed E-state index contributed by atoms with van der Waals surface area (Å²) in [7, 11) is 0. The number of nitro groups is 1. The van der Waals surface area contributed by atoms with E-state index in [1.807, 2.05) is 48.5 Å². The molecule has 0 N–H and O–H groups in total. The molecule has 0 unspecified atom stereocenters. The van der Waals surface area contributed by atoms with Crippen LogP contribution in [0.2, 0.25) is 5.02 Å². The Morgan fingerprint density at radius 3 is 2.48 bits per heavy atom. The van der Waals surface area contributed by atoms with E-state index in [1.165, 1.54) is 12.3 Å². The lowest BCUT2D eigenvalue weighted by Gasteiger charge is -2.06. The largest absolute Gasteiger partial charge is 0.298 e. The van der Waals surface area contributed by atoms with E-state index in [0.717, 1.165) is 5.56 Å². The van der Waals surface area contributed by atoms with E-state index in [-0.39, 0.29) is 11.2 Å². The summed E-state index contributed by atoms with van der Waals surface area (Å²) in [4.78, 5) is 20.8. The first kappa shape index (κ1) is 19.0. The van der Waals surface area contributed by atoms with Crippen molar-refractivity contribution >= 4 is 39.1 Å². The minimum absolute atomic E-state index is 0.146. The maximum absolute atomic E-state index is 11.7. The third-order valence-electron chi connectivity index (χ3n) is 5.04. The van der Waals surface area contributed by atoms with Gasteiger partial charge in [0.05, 0.1) is 33.4 Å². The molecular weight excluding hydrogens is 414 g/mol. The second-order valence-corrected chi connectivity index (χ2v) is 7.42. The molecule has 0 aliphatic heterocycles. The van der Waals surface area contributed by atoms with Gasteiger partial charge >= 0.3 is 0 Å². The van der Waals surface area contributed by atoms with Crippen LogP contribution in [0.15, 0.2) is 73.1 Å². The van der Waals surface area contributed by atoms with Gasteiger partial charge in [-0.1, -0.05) is 60.1 Å². The predicted molar refractivity (Wildman–Crippen MR) is 119 cm³/mol. The zero-order valence-electron chi connectivity index (χ0n) is 16.1. The van der Waals surface area contributed by atoms with Gasteiger partial charge in [0, 0.05) is 34.7 Å². The van der Waals surface area contributed by atoms with Crippen LogP contribution < -0.4 is 0 Å². The van der Waals surface area contributed by atoms with Crippen molar-refractivity contribution in [1.82, 2.24) is 20.2 Å². The van der Waals surface area contributed by atoms with E-state index in [1.54, 1.807) is 12.3 Å². The van der Waals surface area contributed by atoms with Gasteiger partial charge in [-0.2, -0.15) is 5.10 Å². The Morgan fingerprint density at radius 1 is 0.935 bits per heavy atom. The molecule has 5 rings (SSSR count). The Morgan fingerprint density at radius 2 is 1.71 bits per heavy atom. The molecular formula is C23H14ClN5O2. The number of rotatable bonds is 4. The lowest BCUT2D eigenvalue weighted by molar-refractivity contribution is -0.383. The number of benzene rings is 3.